The molecule has 10 heteroatoms. The molecular formula is C23H27N9O. The van der Waals surface area contributed by atoms with Crippen LogP contribution in [0.1, 0.15) is 45.0 Å². The minimum atomic E-state index is 0.282. The molecule has 0 spiro atoms. The van der Waals surface area contributed by atoms with Gasteiger partial charge in [0.1, 0.15) is 11.5 Å². The van der Waals surface area contributed by atoms with Crippen molar-refractivity contribution in [2.24, 2.45) is 5.29 Å². The van der Waals surface area contributed by atoms with Crippen LogP contribution in [0.5, 0.6) is 0 Å². The van der Waals surface area contributed by atoms with Crippen LogP contribution in [0.2, 0.25) is 0 Å². The third kappa shape index (κ3) is 6.39. The van der Waals surface area contributed by atoms with E-state index in [1.165, 1.54) is 6.20 Å². The van der Waals surface area contributed by atoms with Crippen molar-refractivity contribution < 1.29 is 0 Å². The molecule has 0 aliphatic carbocycles. The molecule has 3 rings (SSSR count). The van der Waals surface area contributed by atoms with Gasteiger partial charge in [-0.3, -0.25) is 0 Å². The quantitative estimate of drug-likeness (QED) is 0.191. The molecule has 10 nitrogen and oxygen atoms in total. The van der Waals surface area contributed by atoms with Gasteiger partial charge in [-0.15, -0.1) is 4.91 Å². The van der Waals surface area contributed by atoms with E-state index in [1.54, 1.807) is 25.4 Å². The van der Waals surface area contributed by atoms with Gasteiger partial charge in [-0.25, -0.2) is 25.4 Å². The van der Waals surface area contributed by atoms with Crippen molar-refractivity contribution in [3.05, 3.63) is 70.9 Å². The SMILES string of the molecule is CC(=N)/C=C(/C)Nc1cnc(CNc2nc(-c3ccccc3C(C)C)ncc2NN=O)nc1. The third-order valence-electron chi connectivity index (χ3n) is 4.67. The summed E-state index contributed by atoms with van der Waals surface area (Å²) in [7, 11) is 0. The number of benzene rings is 1. The lowest BCUT2D eigenvalue weighted by Crippen LogP contribution is -2.09. The number of hydrogen-bond donors (Lipinski definition) is 4. The normalized spacial score (nSPS) is 11.2. The standard InChI is InChI=1S/C23H27N9O/c1-14(2)18-7-5-6-8-19(18)22-27-12-20(31-32-33)23(30-22)28-13-21-25-10-17(11-26-21)29-16(4)9-15(3)24/h5-12,14,24,29H,13H2,1-4H3,(H,31,33)(H,27,28,30)/b16-9-,24-15?. The average molecular weight is 446 g/mol. The lowest BCUT2D eigenvalue weighted by atomic mass is 9.97. The van der Waals surface area contributed by atoms with E-state index in [2.05, 4.69) is 61.2 Å². The van der Waals surface area contributed by atoms with Crippen LogP contribution in [0, 0.1) is 10.3 Å². The summed E-state index contributed by atoms with van der Waals surface area (Å²) in [6, 6.07) is 7.97. The van der Waals surface area contributed by atoms with Gasteiger partial charge in [0.15, 0.2) is 11.6 Å². The molecule has 33 heavy (non-hydrogen) atoms. The van der Waals surface area contributed by atoms with E-state index in [0.29, 0.717) is 34.8 Å². The summed E-state index contributed by atoms with van der Waals surface area (Å²) in [4.78, 5) is 28.5. The Kier molecular flexibility index (Phi) is 7.74. The zero-order chi connectivity index (χ0) is 23.8. The first-order valence-electron chi connectivity index (χ1n) is 10.5. The Hall–Kier alpha value is -4.21. The molecule has 1 aromatic carbocycles. The smallest absolute Gasteiger partial charge is 0.161 e. The van der Waals surface area contributed by atoms with Crippen LogP contribution in [0.25, 0.3) is 11.4 Å². The van der Waals surface area contributed by atoms with Crippen molar-refractivity contribution in [1.29, 1.82) is 5.41 Å². The monoisotopic (exact) mass is 445 g/mol. The predicted molar refractivity (Wildman–Crippen MR) is 131 cm³/mol. The first-order chi connectivity index (χ1) is 15.9. The Balaban J connectivity index is 1.79. The van der Waals surface area contributed by atoms with Gasteiger partial charge < -0.3 is 16.0 Å². The molecule has 2 heterocycles. The van der Waals surface area contributed by atoms with Crippen molar-refractivity contribution in [3.8, 4) is 11.4 Å². The van der Waals surface area contributed by atoms with Crippen LogP contribution in [-0.2, 0) is 6.54 Å². The fraction of sp³-hybridized carbons (Fsp3) is 0.261. The van der Waals surface area contributed by atoms with Gasteiger partial charge in [0, 0.05) is 17.0 Å². The van der Waals surface area contributed by atoms with Crippen molar-refractivity contribution in [3.63, 3.8) is 0 Å². The molecule has 0 aliphatic rings. The number of anilines is 3. The minimum absolute atomic E-state index is 0.282. The summed E-state index contributed by atoms with van der Waals surface area (Å²) in [5.41, 5.74) is 6.80. The van der Waals surface area contributed by atoms with E-state index in [4.69, 9.17) is 5.41 Å². The van der Waals surface area contributed by atoms with Crippen LogP contribution < -0.4 is 16.1 Å². The number of hydrogen-bond acceptors (Lipinski definition) is 9. The highest BCUT2D eigenvalue weighted by Crippen LogP contribution is 2.29. The Labute approximate surface area is 192 Å². The zero-order valence-electron chi connectivity index (χ0n) is 19.0. The molecule has 0 radical (unpaired) electrons. The van der Waals surface area contributed by atoms with Crippen LogP contribution in [0.15, 0.2) is 59.9 Å². The molecule has 0 unspecified atom stereocenters. The number of rotatable bonds is 10. The maximum atomic E-state index is 10.8. The zero-order valence-corrected chi connectivity index (χ0v) is 19.0. The van der Waals surface area contributed by atoms with Gasteiger partial charge in [-0.1, -0.05) is 38.1 Å². The Morgan fingerprint density at radius 3 is 2.52 bits per heavy atom. The highest BCUT2D eigenvalue weighted by molar-refractivity contribution is 5.90. The van der Waals surface area contributed by atoms with Crippen LogP contribution in [-0.4, -0.2) is 25.6 Å². The van der Waals surface area contributed by atoms with Gasteiger partial charge in [0.05, 0.1) is 36.1 Å². The largest absolute Gasteiger partial charge is 0.361 e. The lowest BCUT2D eigenvalue weighted by Gasteiger charge is -2.14. The Morgan fingerprint density at radius 2 is 1.85 bits per heavy atom. The maximum absolute atomic E-state index is 10.8. The van der Waals surface area contributed by atoms with Crippen molar-refractivity contribution in [2.45, 2.75) is 40.2 Å². The van der Waals surface area contributed by atoms with Gasteiger partial charge >= 0.3 is 0 Å². The molecule has 0 aliphatic heterocycles. The van der Waals surface area contributed by atoms with E-state index >= 15 is 0 Å². The molecule has 0 saturated carbocycles. The van der Waals surface area contributed by atoms with E-state index in [-0.39, 0.29) is 6.54 Å². The van der Waals surface area contributed by atoms with Crippen molar-refractivity contribution in [2.75, 3.05) is 16.1 Å². The van der Waals surface area contributed by atoms with Gasteiger partial charge in [-0.05, 0) is 31.4 Å². The molecule has 3 aromatic rings. The van der Waals surface area contributed by atoms with Gasteiger partial charge in [0.2, 0.25) is 0 Å². The molecule has 0 saturated heterocycles. The average Bonchev–Trinajstić information content (AvgIpc) is 2.79. The third-order valence-corrected chi connectivity index (χ3v) is 4.67. The highest BCUT2D eigenvalue weighted by Gasteiger charge is 2.14. The van der Waals surface area contributed by atoms with E-state index in [0.717, 1.165) is 22.5 Å². The summed E-state index contributed by atoms with van der Waals surface area (Å²) >= 11 is 0. The topological polar surface area (TPSA) is 141 Å². The lowest BCUT2D eigenvalue weighted by molar-refractivity contribution is 0.866. The molecule has 0 amide bonds. The first-order valence-corrected chi connectivity index (χ1v) is 10.5. The fourth-order valence-electron chi connectivity index (χ4n) is 3.24. The maximum Gasteiger partial charge on any atom is 0.161 e. The van der Waals surface area contributed by atoms with E-state index < -0.39 is 0 Å². The van der Waals surface area contributed by atoms with E-state index in [1.807, 2.05) is 25.1 Å². The Bertz CT molecular complexity index is 1160. The highest BCUT2D eigenvalue weighted by atomic mass is 16.3. The summed E-state index contributed by atoms with van der Waals surface area (Å²) in [6.45, 7) is 8.09. The number of nitrogens with zero attached hydrogens (tertiary/aromatic N) is 5. The summed E-state index contributed by atoms with van der Waals surface area (Å²) < 4.78 is 0. The number of aromatic nitrogens is 4. The van der Waals surface area contributed by atoms with Gasteiger partial charge in [-0.2, -0.15) is 0 Å². The second kappa shape index (κ2) is 10.9. The molecular weight excluding hydrogens is 418 g/mol. The van der Waals surface area contributed by atoms with Gasteiger partial charge in [0.25, 0.3) is 0 Å². The predicted octanol–water partition coefficient (Wildman–Crippen LogP) is 5.12. The summed E-state index contributed by atoms with van der Waals surface area (Å²) in [5.74, 6) is 1.81. The second-order valence-corrected chi connectivity index (χ2v) is 7.78. The molecule has 0 fully saturated rings. The first kappa shape index (κ1) is 23.5. The van der Waals surface area contributed by atoms with Crippen LogP contribution in [0.3, 0.4) is 0 Å². The molecule has 0 atom stereocenters. The van der Waals surface area contributed by atoms with Crippen molar-refractivity contribution in [1.82, 2.24) is 19.9 Å². The fourth-order valence-corrected chi connectivity index (χ4v) is 3.24. The van der Waals surface area contributed by atoms with Crippen LogP contribution >= 0.6 is 0 Å². The molecule has 4 N–H and O–H groups in total. The molecule has 170 valence electrons. The number of nitroso groups, excluding NO2 is 1. The second-order valence-electron chi connectivity index (χ2n) is 7.78. The van der Waals surface area contributed by atoms with E-state index in [9.17, 15) is 4.91 Å². The molecule has 2 aromatic heterocycles. The summed E-state index contributed by atoms with van der Waals surface area (Å²) in [6.07, 6.45) is 6.57. The van der Waals surface area contributed by atoms with Crippen molar-refractivity contribution >= 4 is 22.9 Å². The van der Waals surface area contributed by atoms with Crippen LogP contribution in [0.4, 0.5) is 17.2 Å². The molecule has 0 bridgehead atoms. The number of nitrogens with one attached hydrogen (secondary N) is 4. The number of allylic oxidation sites excluding steroid dienone is 2. The Morgan fingerprint density at radius 1 is 1.12 bits per heavy atom. The summed E-state index contributed by atoms with van der Waals surface area (Å²) in [5, 5.41) is 16.6. The minimum Gasteiger partial charge on any atom is -0.361 e.